The fourth-order valence-electron chi connectivity index (χ4n) is 3.67. The maximum Gasteiger partial charge on any atom is 0.244 e. The molecule has 0 aromatic carbocycles. The molecule has 2 amide bonds. The van der Waals surface area contributed by atoms with Crippen LogP contribution in [0, 0.1) is 11.8 Å². The Morgan fingerprint density at radius 2 is 1.81 bits per heavy atom. The number of nitrogens with two attached hydrogens (primary N) is 1. The molecule has 1 saturated carbocycles. The highest BCUT2D eigenvalue weighted by atomic mass is 16.2. The van der Waals surface area contributed by atoms with Gasteiger partial charge in [0.1, 0.15) is 6.04 Å². The zero-order valence-electron chi connectivity index (χ0n) is 13.3. The lowest BCUT2D eigenvalue weighted by Crippen LogP contribution is -2.53. The van der Waals surface area contributed by atoms with Crippen molar-refractivity contribution in [3.05, 3.63) is 0 Å². The average molecular weight is 295 g/mol. The molecule has 2 rings (SSSR count). The molecule has 2 fully saturated rings. The molecule has 1 aliphatic carbocycles. The maximum absolute atomic E-state index is 12.5. The van der Waals surface area contributed by atoms with E-state index in [0.717, 1.165) is 45.2 Å². The van der Waals surface area contributed by atoms with Crippen molar-refractivity contribution in [2.75, 3.05) is 13.1 Å². The predicted molar refractivity (Wildman–Crippen MR) is 82.5 cm³/mol. The molecule has 0 spiro atoms. The number of carbonyl (C=O) groups is 2. The van der Waals surface area contributed by atoms with E-state index in [1.807, 2.05) is 4.90 Å². The van der Waals surface area contributed by atoms with Crippen LogP contribution in [-0.4, -0.2) is 41.9 Å². The first-order valence-electron chi connectivity index (χ1n) is 8.35. The number of nitrogens with zero attached hydrogens (tertiary/aromatic N) is 1. The van der Waals surface area contributed by atoms with Crippen LogP contribution >= 0.6 is 0 Å². The number of nitrogens with one attached hydrogen (secondary N) is 1. The van der Waals surface area contributed by atoms with Gasteiger partial charge >= 0.3 is 0 Å². The highest BCUT2D eigenvalue weighted by Crippen LogP contribution is 2.29. The molecule has 4 atom stereocenters. The number of likely N-dealkylation sites (tertiary alicyclic amines) is 1. The van der Waals surface area contributed by atoms with Crippen molar-refractivity contribution in [1.29, 1.82) is 0 Å². The molecule has 0 aromatic heterocycles. The molecule has 2 aliphatic rings. The van der Waals surface area contributed by atoms with E-state index in [1.54, 1.807) is 6.92 Å². The van der Waals surface area contributed by atoms with Gasteiger partial charge in [0.25, 0.3) is 0 Å². The van der Waals surface area contributed by atoms with Crippen LogP contribution in [0.25, 0.3) is 0 Å². The van der Waals surface area contributed by atoms with Crippen LogP contribution in [0.3, 0.4) is 0 Å². The van der Waals surface area contributed by atoms with Gasteiger partial charge in [0.15, 0.2) is 0 Å². The zero-order chi connectivity index (χ0) is 15.4. The van der Waals surface area contributed by atoms with Crippen molar-refractivity contribution in [3.8, 4) is 0 Å². The number of rotatable bonds is 3. The van der Waals surface area contributed by atoms with E-state index in [9.17, 15) is 9.59 Å². The summed E-state index contributed by atoms with van der Waals surface area (Å²) in [6.07, 6.45) is 6.36. The Hall–Kier alpha value is -1.10. The Bertz CT molecular complexity index is 370. The first kappa shape index (κ1) is 16.3. The van der Waals surface area contributed by atoms with Crippen LogP contribution in [0.1, 0.15) is 52.4 Å². The van der Waals surface area contributed by atoms with Crippen LogP contribution in [0.5, 0.6) is 0 Å². The highest BCUT2D eigenvalue weighted by Gasteiger charge is 2.35. The number of piperidine rings is 1. The minimum absolute atomic E-state index is 0.0417. The summed E-state index contributed by atoms with van der Waals surface area (Å²) in [6, 6.07) is -0.525. The summed E-state index contributed by atoms with van der Waals surface area (Å²) >= 11 is 0. The molecule has 1 saturated heterocycles. The van der Waals surface area contributed by atoms with E-state index in [-0.39, 0.29) is 23.8 Å². The summed E-state index contributed by atoms with van der Waals surface area (Å²) in [5.74, 6) is 0.133. The van der Waals surface area contributed by atoms with Crippen LogP contribution < -0.4 is 11.1 Å². The monoisotopic (exact) mass is 295 g/mol. The Balaban J connectivity index is 1.90. The third-order valence-corrected chi connectivity index (χ3v) is 4.97. The molecule has 21 heavy (non-hydrogen) atoms. The second kappa shape index (κ2) is 7.25. The van der Waals surface area contributed by atoms with E-state index < -0.39 is 6.04 Å². The van der Waals surface area contributed by atoms with Gasteiger partial charge in [0, 0.05) is 19.1 Å². The number of hydrogen-bond acceptors (Lipinski definition) is 3. The highest BCUT2D eigenvalue weighted by molar-refractivity contribution is 5.88. The van der Waals surface area contributed by atoms with Gasteiger partial charge in [-0.05, 0) is 44.9 Å². The van der Waals surface area contributed by atoms with Gasteiger partial charge in [-0.1, -0.05) is 13.3 Å². The predicted octanol–water partition coefficient (Wildman–Crippen LogP) is 1.27. The Labute approximate surface area is 127 Å². The topological polar surface area (TPSA) is 75.4 Å². The van der Waals surface area contributed by atoms with Crippen molar-refractivity contribution < 1.29 is 9.59 Å². The second-order valence-electron chi connectivity index (χ2n) is 6.71. The molecule has 5 heteroatoms. The van der Waals surface area contributed by atoms with Gasteiger partial charge in [-0.25, -0.2) is 0 Å². The van der Waals surface area contributed by atoms with Crippen molar-refractivity contribution in [2.45, 2.75) is 64.5 Å². The summed E-state index contributed by atoms with van der Waals surface area (Å²) in [4.78, 5) is 26.7. The first-order valence-corrected chi connectivity index (χ1v) is 8.35. The maximum atomic E-state index is 12.5. The molecule has 1 heterocycles. The van der Waals surface area contributed by atoms with Gasteiger partial charge in [0.05, 0.1) is 5.92 Å². The fourth-order valence-corrected chi connectivity index (χ4v) is 3.67. The molecule has 0 radical (unpaired) electrons. The quantitative estimate of drug-likeness (QED) is 0.823. The number of amides is 2. The first-order chi connectivity index (χ1) is 10.0. The van der Waals surface area contributed by atoms with E-state index >= 15 is 0 Å². The lowest BCUT2D eigenvalue weighted by atomic mass is 9.76. The molecular weight excluding hydrogens is 266 g/mol. The van der Waals surface area contributed by atoms with Crippen LogP contribution in [0.15, 0.2) is 0 Å². The minimum atomic E-state index is -0.447. The number of hydrogen-bond donors (Lipinski definition) is 2. The summed E-state index contributed by atoms with van der Waals surface area (Å²) < 4.78 is 0. The molecule has 0 bridgehead atoms. The van der Waals surface area contributed by atoms with E-state index in [4.69, 9.17) is 5.73 Å². The smallest absolute Gasteiger partial charge is 0.244 e. The lowest BCUT2D eigenvalue weighted by molar-refractivity contribution is -0.138. The molecule has 120 valence electrons. The largest absolute Gasteiger partial charge is 0.344 e. The minimum Gasteiger partial charge on any atom is -0.344 e. The summed E-state index contributed by atoms with van der Waals surface area (Å²) in [5.41, 5.74) is 6.11. The van der Waals surface area contributed by atoms with Gasteiger partial charge in [-0.2, -0.15) is 0 Å². The van der Waals surface area contributed by atoms with Crippen LogP contribution in [0.2, 0.25) is 0 Å². The van der Waals surface area contributed by atoms with Gasteiger partial charge in [-0.3, -0.25) is 9.59 Å². The normalized spacial score (nSPS) is 31.6. The summed E-state index contributed by atoms with van der Waals surface area (Å²) in [6.45, 7) is 5.50. The van der Waals surface area contributed by atoms with Gasteiger partial charge < -0.3 is 16.0 Å². The molecule has 3 N–H and O–H groups in total. The number of carbonyl (C=O) groups excluding carboxylic acids is 2. The standard InChI is InChI=1S/C16H29N3O2/c1-11-7-6-8-13(17)14(11)15(20)18-12(2)16(21)19-9-4-3-5-10-19/h11-14H,3-10,17H2,1-2H3,(H,18,20). The van der Waals surface area contributed by atoms with Gasteiger partial charge in [0.2, 0.25) is 11.8 Å². The third kappa shape index (κ3) is 3.96. The molecule has 1 aliphatic heterocycles. The zero-order valence-corrected chi connectivity index (χ0v) is 13.3. The molecule has 0 aromatic rings. The van der Waals surface area contributed by atoms with E-state index in [0.29, 0.717) is 5.92 Å². The van der Waals surface area contributed by atoms with Crippen molar-refractivity contribution in [2.24, 2.45) is 17.6 Å². The van der Waals surface area contributed by atoms with E-state index in [1.165, 1.54) is 6.42 Å². The Morgan fingerprint density at radius 3 is 2.43 bits per heavy atom. The summed E-state index contributed by atoms with van der Waals surface area (Å²) in [7, 11) is 0. The molecule has 5 nitrogen and oxygen atoms in total. The second-order valence-corrected chi connectivity index (χ2v) is 6.71. The van der Waals surface area contributed by atoms with E-state index in [2.05, 4.69) is 12.2 Å². The lowest BCUT2D eigenvalue weighted by Gasteiger charge is -2.35. The third-order valence-electron chi connectivity index (χ3n) is 4.97. The van der Waals surface area contributed by atoms with Crippen LogP contribution in [-0.2, 0) is 9.59 Å². The van der Waals surface area contributed by atoms with Crippen molar-refractivity contribution >= 4 is 11.8 Å². The Morgan fingerprint density at radius 1 is 1.14 bits per heavy atom. The van der Waals surface area contributed by atoms with Crippen LogP contribution in [0.4, 0.5) is 0 Å². The molecule has 4 unspecified atom stereocenters. The summed E-state index contributed by atoms with van der Waals surface area (Å²) in [5, 5.41) is 2.90. The molecular formula is C16H29N3O2. The fraction of sp³-hybridized carbons (Fsp3) is 0.875. The Kier molecular flexibility index (Phi) is 5.62. The van der Waals surface area contributed by atoms with Crippen molar-refractivity contribution in [1.82, 2.24) is 10.2 Å². The van der Waals surface area contributed by atoms with Gasteiger partial charge in [-0.15, -0.1) is 0 Å². The SMILES string of the molecule is CC(NC(=O)C1C(C)CCCC1N)C(=O)N1CCCCC1. The average Bonchev–Trinajstić information content (AvgIpc) is 2.47. The van der Waals surface area contributed by atoms with Crippen molar-refractivity contribution in [3.63, 3.8) is 0 Å².